The molecule has 5 saturated carbocycles. The van der Waals surface area contributed by atoms with Crippen LogP contribution in [0.5, 0.6) is 0 Å². The lowest BCUT2D eigenvalue weighted by Crippen LogP contribution is -2.57. The van der Waals surface area contributed by atoms with Gasteiger partial charge in [0.05, 0.1) is 6.10 Å². The van der Waals surface area contributed by atoms with Crippen molar-refractivity contribution in [2.24, 2.45) is 51.8 Å². The summed E-state index contributed by atoms with van der Waals surface area (Å²) < 4.78 is 6.21. The van der Waals surface area contributed by atoms with Crippen LogP contribution in [-0.4, -0.2) is 19.5 Å². The minimum atomic E-state index is 0.463. The van der Waals surface area contributed by atoms with Gasteiger partial charge in [-0.25, -0.2) is 0 Å². The first-order valence-electron chi connectivity index (χ1n) is 11.4. The molecule has 5 aliphatic carbocycles. The zero-order chi connectivity index (χ0) is 18.3. The first-order valence-corrected chi connectivity index (χ1v) is 11.4. The summed E-state index contributed by atoms with van der Waals surface area (Å²) in [4.78, 5) is 11.1. The van der Waals surface area contributed by atoms with Crippen molar-refractivity contribution in [3.8, 4) is 0 Å². The lowest BCUT2D eigenvalue weighted by atomic mass is 9.45. The normalized spacial score (nSPS) is 58.3. The van der Waals surface area contributed by atoms with Gasteiger partial charge in [-0.3, -0.25) is 0 Å². The van der Waals surface area contributed by atoms with Gasteiger partial charge in [0, 0.05) is 18.9 Å². The van der Waals surface area contributed by atoms with Crippen LogP contribution in [0.3, 0.4) is 0 Å². The van der Waals surface area contributed by atoms with Crippen LogP contribution < -0.4 is 0 Å². The van der Waals surface area contributed by atoms with Crippen LogP contribution in [0.15, 0.2) is 0 Å². The van der Waals surface area contributed by atoms with Gasteiger partial charge >= 0.3 is 0 Å². The maximum Gasteiger partial charge on any atom is 0.120 e. The third kappa shape index (κ3) is 1.91. The van der Waals surface area contributed by atoms with E-state index in [0.29, 0.717) is 28.3 Å². The van der Waals surface area contributed by atoms with Gasteiger partial charge in [-0.05, 0) is 97.7 Å². The lowest BCUT2D eigenvalue weighted by molar-refractivity contribution is -0.161. The minimum absolute atomic E-state index is 0.463. The summed E-state index contributed by atoms with van der Waals surface area (Å²) >= 11 is 0. The van der Waals surface area contributed by atoms with Crippen LogP contribution in [0.1, 0.15) is 78.6 Å². The summed E-state index contributed by atoms with van der Waals surface area (Å²) in [5, 5.41) is 0. The molecule has 5 aliphatic rings. The van der Waals surface area contributed by atoms with Gasteiger partial charge in [-0.1, -0.05) is 20.8 Å². The number of aldehydes is 1. The summed E-state index contributed by atoms with van der Waals surface area (Å²) in [6.07, 6.45) is 13.7. The van der Waals surface area contributed by atoms with Gasteiger partial charge in [0.25, 0.3) is 0 Å². The van der Waals surface area contributed by atoms with E-state index in [-0.39, 0.29) is 0 Å². The van der Waals surface area contributed by atoms with Crippen molar-refractivity contribution >= 4 is 6.29 Å². The molecule has 0 aromatic heterocycles. The Kier molecular flexibility index (Phi) is 3.80. The van der Waals surface area contributed by atoms with E-state index in [2.05, 4.69) is 20.8 Å². The molecule has 26 heavy (non-hydrogen) atoms. The van der Waals surface area contributed by atoms with Crippen molar-refractivity contribution in [3.05, 3.63) is 0 Å². The smallest absolute Gasteiger partial charge is 0.120 e. The number of carbonyl (C=O) groups excluding carboxylic acids is 1. The van der Waals surface area contributed by atoms with Crippen LogP contribution in [-0.2, 0) is 9.53 Å². The van der Waals surface area contributed by atoms with Crippen molar-refractivity contribution in [1.29, 1.82) is 0 Å². The second-order valence-corrected chi connectivity index (χ2v) is 11.3. The molecule has 0 radical (unpaired) electrons. The fraction of sp³-hybridized carbons (Fsp3) is 0.958. The molecule has 2 nitrogen and oxygen atoms in total. The van der Waals surface area contributed by atoms with E-state index in [0.717, 1.165) is 42.3 Å². The SMILES string of the molecule is CO[C@@H]1C[C@H]2[C@@H]3CCC([C@H](C)CC=O)[C@@]3(C)CC[C@@H]2[C@@]2(C)CC[C@H]3C[C@]312. The Balaban J connectivity index is 1.47. The van der Waals surface area contributed by atoms with Gasteiger partial charge in [0.1, 0.15) is 6.29 Å². The number of hydrogen-bond donors (Lipinski definition) is 0. The molecular weight excluding hydrogens is 320 g/mol. The summed E-state index contributed by atoms with van der Waals surface area (Å²) in [6.45, 7) is 7.59. The molecule has 1 unspecified atom stereocenters. The highest BCUT2D eigenvalue weighted by molar-refractivity contribution is 5.49. The van der Waals surface area contributed by atoms with Crippen molar-refractivity contribution in [1.82, 2.24) is 0 Å². The second kappa shape index (κ2) is 5.58. The number of hydrogen-bond acceptors (Lipinski definition) is 2. The summed E-state index contributed by atoms with van der Waals surface area (Å²) in [6, 6.07) is 0. The molecule has 5 fully saturated rings. The van der Waals surface area contributed by atoms with Crippen LogP contribution in [0.25, 0.3) is 0 Å². The molecule has 0 heterocycles. The number of fused-ring (bicyclic) bond motifs is 4. The molecule has 0 aliphatic heterocycles. The predicted molar refractivity (Wildman–Crippen MR) is 104 cm³/mol. The maximum absolute atomic E-state index is 11.1. The topological polar surface area (TPSA) is 26.3 Å². The zero-order valence-corrected chi connectivity index (χ0v) is 17.3. The van der Waals surface area contributed by atoms with E-state index in [1.54, 1.807) is 0 Å². The molecule has 5 rings (SSSR count). The molecule has 0 amide bonds. The number of rotatable bonds is 4. The molecule has 0 aromatic rings. The fourth-order valence-corrected chi connectivity index (χ4v) is 9.87. The van der Waals surface area contributed by atoms with Gasteiger partial charge < -0.3 is 9.53 Å². The van der Waals surface area contributed by atoms with Crippen LogP contribution in [0.4, 0.5) is 0 Å². The van der Waals surface area contributed by atoms with Gasteiger partial charge in [-0.15, -0.1) is 0 Å². The Morgan fingerprint density at radius 2 is 1.92 bits per heavy atom. The Hall–Kier alpha value is -0.370. The standard InChI is InChI=1S/C24H38O2/c1-15(9-12-25)18-5-6-19-17-13-21(26-4)24-14-16(24)7-11-23(24,3)20(17)8-10-22(18,19)2/h12,15-21H,5-11,13-14H2,1-4H3/t15-,16+,17+,18?,19+,20+,21-,22-,23-,24+/m1/s1. The summed E-state index contributed by atoms with van der Waals surface area (Å²) in [5.74, 6) is 4.94. The Bertz CT molecular complexity index is 601. The van der Waals surface area contributed by atoms with E-state index in [4.69, 9.17) is 4.74 Å². The van der Waals surface area contributed by atoms with E-state index in [1.807, 2.05) is 7.11 Å². The molecule has 1 spiro atoms. The molecular formula is C24H38O2. The third-order valence-electron chi connectivity index (χ3n) is 11.1. The maximum atomic E-state index is 11.1. The summed E-state index contributed by atoms with van der Waals surface area (Å²) in [7, 11) is 1.99. The molecule has 0 bridgehead atoms. The molecule has 0 aromatic carbocycles. The third-order valence-corrected chi connectivity index (χ3v) is 11.1. The molecule has 10 atom stereocenters. The van der Waals surface area contributed by atoms with Crippen molar-refractivity contribution in [3.63, 3.8) is 0 Å². The van der Waals surface area contributed by atoms with E-state index >= 15 is 0 Å². The highest BCUT2D eigenvalue weighted by Crippen LogP contribution is 2.82. The number of ether oxygens (including phenoxy) is 1. The molecule has 2 heteroatoms. The average molecular weight is 359 g/mol. The second-order valence-electron chi connectivity index (χ2n) is 11.3. The van der Waals surface area contributed by atoms with Crippen molar-refractivity contribution in [2.75, 3.05) is 7.11 Å². The monoisotopic (exact) mass is 358 g/mol. The highest BCUT2D eigenvalue weighted by atomic mass is 16.5. The molecule has 0 N–H and O–H groups in total. The lowest BCUT2D eigenvalue weighted by Gasteiger charge is -2.61. The fourth-order valence-electron chi connectivity index (χ4n) is 9.87. The van der Waals surface area contributed by atoms with Gasteiger partial charge in [-0.2, -0.15) is 0 Å². The largest absolute Gasteiger partial charge is 0.381 e. The van der Waals surface area contributed by atoms with Crippen molar-refractivity contribution in [2.45, 2.75) is 84.7 Å². The minimum Gasteiger partial charge on any atom is -0.381 e. The number of carbonyl (C=O) groups is 1. The highest BCUT2D eigenvalue weighted by Gasteiger charge is 2.77. The van der Waals surface area contributed by atoms with E-state index < -0.39 is 0 Å². The Morgan fingerprint density at radius 1 is 1.12 bits per heavy atom. The first kappa shape index (κ1) is 17.7. The van der Waals surface area contributed by atoms with Crippen LogP contribution >= 0.6 is 0 Å². The Morgan fingerprint density at radius 3 is 2.62 bits per heavy atom. The van der Waals surface area contributed by atoms with Crippen molar-refractivity contribution < 1.29 is 9.53 Å². The quantitative estimate of drug-likeness (QED) is 0.621. The van der Waals surface area contributed by atoms with Crippen LogP contribution in [0.2, 0.25) is 0 Å². The zero-order valence-electron chi connectivity index (χ0n) is 17.3. The Labute approximate surface area is 159 Å². The van der Waals surface area contributed by atoms with E-state index in [9.17, 15) is 4.79 Å². The van der Waals surface area contributed by atoms with E-state index in [1.165, 1.54) is 51.4 Å². The van der Waals surface area contributed by atoms with Gasteiger partial charge in [0.15, 0.2) is 0 Å². The molecule has 0 saturated heterocycles. The van der Waals surface area contributed by atoms with Crippen LogP contribution in [0, 0.1) is 51.8 Å². The summed E-state index contributed by atoms with van der Waals surface area (Å²) in [5.41, 5.74) is 1.54. The molecule has 146 valence electrons. The number of methoxy groups -OCH3 is 1. The average Bonchev–Trinajstić information content (AvgIpc) is 3.12. The predicted octanol–water partition coefficient (Wildman–Crippen LogP) is 5.50. The van der Waals surface area contributed by atoms with Gasteiger partial charge in [0.2, 0.25) is 0 Å². The first-order chi connectivity index (χ1) is 12.4.